The van der Waals surface area contributed by atoms with E-state index in [-0.39, 0.29) is 12.4 Å². The van der Waals surface area contributed by atoms with E-state index < -0.39 is 41.6 Å². The molecule has 3 N–H and O–H groups in total. The van der Waals surface area contributed by atoms with Crippen LogP contribution in [0.2, 0.25) is 0 Å². The molecule has 0 bridgehead atoms. The van der Waals surface area contributed by atoms with Crippen LogP contribution in [0.3, 0.4) is 0 Å². The van der Waals surface area contributed by atoms with E-state index in [1.54, 1.807) is 42.5 Å². The molecule has 36 heavy (non-hydrogen) atoms. The van der Waals surface area contributed by atoms with Gasteiger partial charge in [0.1, 0.15) is 0 Å². The number of nitrogens with zero attached hydrogens (tertiary/aromatic N) is 1. The predicted molar refractivity (Wildman–Crippen MR) is 126 cm³/mol. The van der Waals surface area contributed by atoms with Crippen molar-refractivity contribution in [2.45, 2.75) is 19.2 Å². The van der Waals surface area contributed by atoms with E-state index in [1.165, 1.54) is 13.0 Å². The number of carbonyl (C=O) groups excluding carboxylic acids is 2. The van der Waals surface area contributed by atoms with Crippen LogP contribution in [0.1, 0.15) is 29.7 Å². The van der Waals surface area contributed by atoms with Crippen LogP contribution < -0.4 is 20.1 Å². The number of aliphatic hydroxyl groups is 1. The lowest BCUT2D eigenvalue weighted by Crippen LogP contribution is -2.45. The maximum absolute atomic E-state index is 13.6. The molecule has 2 amide bonds. The second kappa shape index (κ2) is 9.38. The number of carbonyl (C=O) groups is 2. The molecule has 5 rings (SSSR count). The molecule has 10 heteroatoms. The number of hydrogen-bond acceptors (Lipinski definition) is 6. The molecule has 3 aromatic carbocycles. The van der Waals surface area contributed by atoms with Gasteiger partial charge in [-0.2, -0.15) is 0 Å². The van der Waals surface area contributed by atoms with Crippen LogP contribution in [0.4, 0.5) is 14.5 Å². The third kappa shape index (κ3) is 4.38. The van der Waals surface area contributed by atoms with E-state index in [4.69, 9.17) is 9.47 Å². The molecule has 3 aromatic rings. The van der Waals surface area contributed by atoms with Gasteiger partial charge < -0.3 is 25.2 Å². The van der Waals surface area contributed by atoms with Crippen LogP contribution in [0.25, 0.3) is 0 Å². The van der Waals surface area contributed by atoms with Crippen molar-refractivity contribution in [3.63, 3.8) is 0 Å². The lowest BCUT2D eigenvalue weighted by molar-refractivity contribution is -0.131. The molecule has 2 aliphatic heterocycles. The first-order valence-corrected chi connectivity index (χ1v) is 11.1. The van der Waals surface area contributed by atoms with Gasteiger partial charge in [-0.05, 0) is 42.0 Å². The molecule has 0 spiro atoms. The largest absolute Gasteiger partial charge is 0.454 e. The number of para-hydroxylation sites is 1. The Morgan fingerprint density at radius 3 is 2.67 bits per heavy atom. The van der Waals surface area contributed by atoms with E-state index in [1.807, 2.05) is 0 Å². The molecule has 0 aromatic heterocycles. The van der Waals surface area contributed by atoms with Crippen molar-refractivity contribution in [3.05, 3.63) is 89.0 Å². The number of amides is 2. The van der Waals surface area contributed by atoms with Gasteiger partial charge in [0.2, 0.25) is 18.9 Å². The summed E-state index contributed by atoms with van der Waals surface area (Å²) in [7, 11) is 0. The number of nitrogens with one attached hydrogen (secondary N) is 2. The number of aliphatic hydroxyl groups excluding tert-OH is 1. The standard InChI is InChI=1S/C26H21F2N3O5/c1-13(23(32)15-6-8-17(27)18(28)10-15)25(33)31-24-26(34)29-19-5-3-2-4-16(19)22(30-24)14-7-9-20-21(11-14)36-12-35-20/h2-11,13,23-24,32H,12H2,1H3,(H,29,34)(H,31,33)/t13-,23-,24?/m1/s1. The Hall–Kier alpha value is -4.31. The summed E-state index contributed by atoms with van der Waals surface area (Å²) < 4.78 is 37.7. The average Bonchev–Trinajstić information content (AvgIpc) is 3.30. The number of rotatable bonds is 5. The van der Waals surface area contributed by atoms with Gasteiger partial charge in [0, 0.05) is 11.1 Å². The van der Waals surface area contributed by atoms with Gasteiger partial charge >= 0.3 is 0 Å². The summed E-state index contributed by atoms with van der Waals surface area (Å²) in [5.41, 5.74) is 2.24. The molecule has 2 heterocycles. The molecule has 8 nitrogen and oxygen atoms in total. The number of benzene rings is 3. The molecule has 0 aliphatic carbocycles. The second-order valence-corrected chi connectivity index (χ2v) is 8.40. The van der Waals surface area contributed by atoms with Gasteiger partial charge in [0.25, 0.3) is 5.91 Å². The topological polar surface area (TPSA) is 109 Å². The zero-order chi connectivity index (χ0) is 25.4. The molecule has 0 fully saturated rings. The summed E-state index contributed by atoms with van der Waals surface area (Å²) in [6.45, 7) is 1.51. The van der Waals surface area contributed by atoms with Gasteiger partial charge in [0.05, 0.1) is 23.4 Å². The summed E-state index contributed by atoms with van der Waals surface area (Å²) in [6, 6.07) is 15.2. The number of hydrogen-bond donors (Lipinski definition) is 3. The van der Waals surface area contributed by atoms with E-state index in [9.17, 15) is 23.5 Å². The van der Waals surface area contributed by atoms with E-state index >= 15 is 0 Å². The Labute approximate surface area is 204 Å². The molecule has 3 atom stereocenters. The van der Waals surface area contributed by atoms with Crippen molar-refractivity contribution in [1.29, 1.82) is 0 Å². The van der Waals surface area contributed by atoms with Crippen molar-refractivity contribution in [1.82, 2.24) is 5.32 Å². The molecule has 0 saturated heterocycles. The third-order valence-electron chi connectivity index (χ3n) is 6.04. The highest BCUT2D eigenvalue weighted by Gasteiger charge is 2.31. The minimum absolute atomic E-state index is 0.0267. The fraction of sp³-hybridized carbons (Fsp3) is 0.192. The Morgan fingerprint density at radius 1 is 1.08 bits per heavy atom. The molecule has 0 radical (unpaired) electrons. The van der Waals surface area contributed by atoms with Gasteiger partial charge in [0.15, 0.2) is 23.1 Å². The maximum Gasteiger partial charge on any atom is 0.269 e. The molecular weight excluding hydrogens is 472 g/mol. The fourth-order valence-corrected chi connectivity index (χ4v) is 4.02. The molecule has 184 valence electrons. The summed E-state index contributed by atoms with van der Waals surface area (Å²) in [5.74, 6) is -3.48. The first-order valence-electron chi connectivity index (χ1n) is 11.1. The van der Waals surface area contributed by atoms with Crippen molar-refractivity contribution in [2.24, 2.45) is 10.9 Å². The monoisotopic (exact) mass is 493 g/mol. The van der Waals surface area contributed by atoms with E-state index in [0.717, 1.165) is 12.1 Å². The van der Waals surface area contributed by atoms with Crippen LogP contribution in [0.5, 0.6) is 11.5 Å². The molecule has 1 unspecified atom stereocenters. The number of aliphatic imine (C=N–C) groups is 1. The van der Waals surface area contributed by atoms with Crippen molar-refractivity contribution >= 4 is 23.2 Å². The van der Waals surface area contributed by atoms with Crippen LogP contribution in [0.15, 0.2) is 65.7 Å². The first-order chi connectivity index (χ1) is 17.3. The molecule has 2 aliphatic rings. The summed E-state index contributed by atoms with van der Waals surface area (Å²) in [5, 5.41) is 15.9. The number of anilines is 1. The highest BCUT2D eigenvalue weighted by Crippen LogP contribution is 2.34. The quantitative estimate of drug-likeness (QED) is 0.506. The highest BCUT2D eigenvalue weighted by molar-refractivity contribution is 6.20. The number of ether oxygens (including phenoxy) is 2. The summed E-state index contributed by atoms with van der Waals surface area (Å²) >= 11 is 0. The number of benzodiazepines with no additional fused rings is 1. The lowest BCUT2D eigenvalue weighted by Gasteiger charge is -2.21. The van der Waals surface area contributed by atoms with Gasteiger partial charge in [-0.3, -0.25) is 9.59 Å². The van der Waals surface area contributed by atoms with Gasteiger partial charge in [-0.15, -0.1) is 0 Å². The van der Waals surface area contributed by atoms with E-state index in [2.05, 4.69) is 15.6 Å². The second-order valence-electron chi connectivity index (χ2n) is 8.40. The minimum Gasteiger partial charge on any atom is -0.454 e. The fourth-order valence-electron chi connectivity index (χ4n) is 4.02. The Bertz CT molecular complexity index is 1390. The number of halogens is 2. The Morgan fingerprint density at radius 2 is 1.86 bits per heavy atom. The zero-order valence-corrected chi connectivity index (χ0v) is 19.0. The normalized spacial score (nSPS) is 17.8. The lowest BCUT2D eigenvalue weighted by atomic mass is 9.96. The van der Waals surface area contributed by atoms with Crippen molar-refractivity contribution < 1.29 is 33.0 Å². The SMILES string of the molecule is C[C@@H](C(=O)NC1N=C(c2ccc3c(c2)OCO3)c2ccccc2NC1=O)[C@@H](O)c1ccc(F)c(F)c1. The minimum atomic E-state index is -1.44. The van der Waals surface area contributed by atoms with Gasteiger partial charge in [-0.1, -0.05) is 31.2 Å². The maximum atomic E-state index is 13.6. The summed E-state index contributed by atoms with van der Waals surface area (Å²) in [4.78, 5) is 30.5. The summed E-state index contributed by atoms with van der Waals surface area (Å²) in [6.07, 6.45) is -2.77. The van der Waals surface area contributed by atoms with Crippen LogP contribution in [-0.4, -0.2) is 35.6 Å². The van der Waals surface area contributed by atoms with Gasteiger partial charge in [-0.25, -0.2) is 13.8 Å². The Kier molecular flexibility index (Phi) is 6.11. The van der Waals surface area contributed by atoms with E-state index in [0.29, 0.717) is 34.0 Å². The van der Waals surface area contributed by atoms with Crippen LogP contribution >= 0.6 is 0 Å². The molecule has 0 saturated carbocycles. The van der Waals surface area contributed by atoms with Crippen LogP contribution in [-0.2, 0) is 9.59 Å². The predicted octanol–water partition coefficient (Wildman–Crippen LogP) is 3.30. The average molecular weight is 493 g/mol. The molecular formula is C26H21F2N3O5. The third-order valence-corrected chi connectivity index (χ3v) is 6.04. The first kappa shape index (κ1) is 23.4. The smallest absolute Gasteiger partial charge is 0.269 e. The van der Waals surface area contributed by atoms with Crippen molar-refractivity contribution in [2.75, 3.05) is 12.1 Å². The van der Waals surface area contributed by atoms with Crippen molar-refractivity contribution in [3.8, 4) is 11.5 Å². The zero-order valence-electron chi connectivity index (χ0n) is 19.0. The number of fused-ring (bicyclic) bond motifs is 2. The highest BCUT2D eigenvalue weighted by atomic mass is 19.2. The Balaban J connectivity index is 1.45. The van der Waals surface area contributed by atoms with Crippen LogP contribution in [0, 0.1) is 17.6 Å².